The van der Waals surface area contributed by atoms with Gasteiger partial charge in [0.25, 0.3) is 5.91 Å². The smallest absolute Gasteiger partial charge is 0.252 e. The van der Waals surface area contributed by atoms with Crippen molar-refractivity contribution < 1.29 is 19.0 Å². The van der Waals surface area contributed by atoms with Crippen LogP contribution in [-0.4, -0.2) is 43.3 Å². The van der Waals surface area contributed by atoms with Crippen LogP contribution >= 0.6 is 0 Å². The van der Waals surface area contributed by atoms with Crippen molar-refractivity contribution in [3.8, 4) is 11.5 Å². The number of nitrogens with zero attached hydrogens (tertiary/aromatic N) is 1. The standard InChI is InChI=1S/C18H25NO4/c1-18(2)10-12-8-15(21-3)16(22-4)9-13(12)11-19(18)17(20)14-6-5-7-23-14/h8-9,14H,5-7,10-11H2,1-4H3. The minimum Gasteiger partial charge on any atom is -0.493 e. The summed E-state index contributed by atoms with van der Waals surface area (Å²) in [6.07, 6.45) is 2.30. The van der Waals surface area contributed by atoms with Gasteiger partial charge in [-0.2, -0.15) is 0 Å². The van der Waals surface area contributed by atoms with Crippen molar-refractivity contribution in [3.63, 3.8) is 0 Å². The molecule has 2 aliphatic heterocycles. The monoisotopic (exact) mass is 319 g/mol. The van der Waals surface area contributed by atoms with E-state index in [2.05, 4.69) is 13.8 Å². The fraction of sp³-hybridized carbons (Fsp3) is 0.611. The molecule has 126 valence electrons. The molecule has 0 spiro atoms. The van der Waals surface area contributed by atoms with Crippen LogP contribution in [0.1, 0.15) is 37.8 Å². The lowest BCUT2D eigenvalue weighted by Gasteiger charge is -2.44. The number of methoxy groups -OCH3 is 2. The van der Waals surface area contributed by atoms with Crippen molar-refractivity contribution in [1.82, 2.24) is 4.90 Å². The molecule has 0 aromatic heterocycles. The first-order chi connectivity index (χ1) is 11.0. The predicted octanol–water partition coefficient (Wildman–Crippen LogP) is 2.55. The summed E-state index contributed by atoms with van der Waals surface area (Å²) >= 11 is 0. The molecule has 0 N–H and O–H groups in total. The number of fused-ring (bicyclic) bond motifs is 1. The van der Waals surface area contributed by atoms with Crippen LogP contribution in [0.4, 0.5) is 0 Å². The van der Waals surface area contributed by atoms with E-state index in [9.17, 15) is 4.79 Å². The maximum Gasteiger partial charge on any atom is 0.252 e. The maximum atomic E-state index is 12.8. The highest BCUT2D eigenvalue weighted by atomic mass is 16.5. The Balaban J connectivity index is 1.92. The van der Waals surface area contributed by atoms with Crippen molar-refractivity contribution in [2.45, 2.75) is 51.3 Å². The second kappa shape index (κ2) is 6.04. The van der Waals surface area contributed by atoms with Crippen molar-refractivity contribution in [2.24, 2.45) is 0 Å². The normalized spacial score (nSPS) is 22.6. The van der Waals surface area contributed by atoms with Gasteiger partial charge in [0.2, 0.25) is 0 Å². The van der Waals surface area contributed by atoms with Crippen LogP contribution < -0.4 is 9.47 Å². The highest BCUT2D eigenvalue weighted by molar-refractivity contribution is 5.82. The fourth-order valence-corrected chi connectivity index (χ4v) is 3.54. The number of rotatable bonds is 3. The van der Waals surface area contributed by atoms with Crippen molar-refractivity contribution in [3.05, 3.63) is 23.3 Å². The molecule has 0 bridgehead atoms. The summed E-state index contributed by atoms with van der Waals surface area (Å²) in [6.45, 7) is 5.49. The molecule has 2 heterocycles. The van der Waals surface area contributed by atoms with Crippen LogP contribution in [0.25, 0.3) is 0 Å². The predicted molar refractivity (Wildman–Crippen MR) is 86.9 cm³/mol. The Hall–Kier alpha value is -1.75. The Labute approximate surface area is 137 Å². The maximum absolute atomic E-state index is 12.8. The van der Waals surface area contributed by atoms with Crippen LogP contribution in [0.5, 0.6) is 11.5 Å². The Kier molecular flexibility index (Phi) is 4.23. The van der Waals surface area contributed by atoms with Crippen LogP contribution in [0, 0.1) is 0 Å². The van der Waals surface area contributed by atoms with Gasteiger partial charge in [-0.15, -0.1) is 0 Å². The summed E-state index contributed by atoms with van der Waals surface area (Å²) < 4.78 is 16.4. The van der Waals surface area contributed by atoms with E-state index in [1.165, 1.54) is 5.56 Å². The lowest BCUT2D eigenvalue weighted by atomic mass is 9.84. The lowest BCUT2D eigenvalue weighted by molar-refractivity contribution is -0.148. The summed E-state index contributed by atoms with van der Waals surface area (Å²) in [6, 6.07) is 4.02. The first kappa shape index (κ1) is 16.1. The average molecular weight is 319 g/mol. The number of benzene rings is 1. The molecule has 3 rings (SSSR count). The van der Waals surface area contributed by atoms with Crippen LogP contribution in [0.3, 0.4) is 0 Å². The molecule has 1 amide bonds. The molecule has 1 saturated heterocycles. The van der Waals surface area contributed by atoms with E-state index in [1.54, 1.807) is 14.2 Å². The van der Waals surface area contributed by atoms with Crippen LogP contribution in [0.2, 0.25) is 0 Å². The zero-order chi connectivity index (χ0) is 16.6. The van der Waals surface area contributed by atoms with Gasteiger partial charge in [0.15, 0.2) is 11.5 Å². The number of hydrogen-bond donors (Lipinski definition) is 0. The fourth-order valence-electron chi connectivity index (χ4n) is 3.54. The third kappa shape index (κ3) is 2.90. The number of carbonyl (C=O) groups excluding carboxylic acids is 1. The van der Waals surface area contributed by atoms with Gasteiger partial charge >= 0.3 is 0 Å². The molecular formula is C18H25NO4. The first-order valence-corrected chi connectivity index (χ1v) is 8.13. The van der Waals surface area contributed by atoms with Crippen molar-refractivity contribution in [1.29, 1.82) is 0 Å². The highest BCUT2D eigenvalue weighted by Gasteiger charge is 2.40. The van der Waals surface area contributed by atoms with E-state index in [0.29, 0.717) is 18.9 Å². The van der Waals surface area contributed by atoms with Crippen molar-refractivity contribution >= 4 is 5.91 Å². The largest absolute Gasteiger partial charge is 0.493 e. The van der Waals surface area contributed by atoms with Gasteiger partial charge in [-0.25, -0.2) is 0 Å². The molecule has 5 heteroatoms. The molecule has 23 heavy (non-hydrogen) atoms. The second-order valence-electron chi connectivity index (χ2n) is 6.89. The second-order valence-corrected chi connectivity index (χ2v) is 6.89. The Bertz CT molecular complexity index is 605. The molecule has 1 aromatic carbocycles. The summed E-state index contributed by atoms with van der Waals surface area (Å²) in [5, 5.41) is 0. The average Bonchev–Trinajstić information content (AvgIpc) is 3.06. The van der Waals surface area contributed by atoms with Crippen LogP contribution in [0.15, 0.2) is 12.1 Å². The van der Waals surface area contributed by atoms with Gasteiger partial charge in [0, 0.05) is 18.7 Å². The minimum atomic E-state index is -0.282. The summed E-state index contributed by atoms with van der Waals surface area (Å²) in [4.78, 5) is 14.8. The van der Waals surface area contributed by atoms with Gasteiger partial charge in [-0.05, 0) is 56.4 Å². The van der Waals surface area contributed by atoms with E-state index in [0.717, 1.165) is 30.6 Å². The first-order valence-electron chi connectivity index (χ1n) is 8.13. The molecule has 1 unspecified atom stereocenters. The molecule has 1 fully saturated rings. The minimum absolute atomic E-state index is 0.105. The van der Waals surface area contributed by atoms with Crippen LogP contribution in [-0.2, 0) is 22.5 Å². The molecule has 0 radical (unpaired) electrons. The Morgan fingerprint density at radius 2 is 1.87 bits per heavy atom. The van der Waals surface area contributed by atoms with E-state index in [1.807, 2.05) is 17.0 Å². The third-order valence-electron chi connectivity index (χ3n) is 4.86. The number of carbonyl (C=O) groups is 1. The van der Waals surface area contributed by atoms with Gasteiger partial charge in [-0.3, -0.25) is 4.79 Å². The van der Waals surface area contributed by atoms with E-state index < -0.39 is 0 Å². The number of hydrogen-bond acceptors (Lipinski definition) is 4. The third-order valence-corrected chi connectivity index (χ3v) is 4.86. The summed E-state index contributed by atoms with van der Waals surface area (Å²) in [7, 11) is 3.28. The number of ether oxygens (including phenoxy) is 3. The molecule has 1 aromatic rings. The SMILES string of the molecule is COc1cc2c(cc1OC)CC(C)(C)N(C(=O)C1CCCO1)C2. The molecule has 0 saturated carbocycles. The van der Waals surface area contributed by atoms with Gasteiger partial charge in [0.1, 0.15) is 6.10 Å². The van der Waals surface area contributed by atoms with Gasteiger partial charge in [-0.1, -0.05) is 0 Å². The quantitative estimate of drug-likeness (QED) is 0.859. The van der Waals surface area contributed by atoms with Gasteiger partial charge in [0.05, 0.1) is 14.2 Å². The molecular weight excluding hydrogens is 294 g/mol. The topological polar surface area (TPSA) is 48.0 Å². The zero-order valence-corrected chi connectivity index (χ0v) is 14.3. The summed E-state index contributed by atoms with van der Waals surface area (Å²) in [5.74, 6) is 1.55. The molecule has 2 aliphatic rings. The van der Waals surface area contributed by atoms with E-state index in [4.69, 9.17) is 14.2 Å². The zero-order valence-electron chi connectivity index (χ0n) is 14.3. The Morgan fingerprint density at radius 1 is 1.22 bits per heavy atom. The molecule has 1 atom stereocenters. The number of amides is 1. The van der Waals surface area contributed by atoms with E-state index in [-0.39, 0.29) is 17.6 Å². The summed E-state index contributed by atoms with van der Waals surface area (Å²) in [5.41, 5.74) is 2.09. The Morgan fingerprint density at radius 3 is 2.43 bits per heavy atom. The molecule has 0 aliphatic carbocycles. The van der Waals surface area contributed by atoms with Gasteiger partial charge < -0.3 is 19.1 Å². The molecule has 5 nitrogen and oxygen atoms in total. The highest BCUT2D eigenvalue weighted by Crippen LogP contribution is 2.38. The lowest BCUT2D eigenvalue weighted by Crippen LogP contribution is -2.54. The van der Waals surface area contributed by atoms with E-state index >= 15 is 0 Å². The van der Waals surface area contributed by atoms with Crippen molar-refractivity contribution in [2.75, 3.05) is 20.8 Å².